The number of nitrogens with one attached hydrogen (secondary N) is 2. The summed E-state index contributed by atoms with van der Waals surface area (Å²) >= 11 is 1.01. The third-order valence-electron chi connectivity index (χ3n) is 5.14. The number of unbranched alkanes of at least 4 members (excludes halogenated alkanes) is 1. The first-order valence-electron chi connectivity index (χ1n) is 10.4. The van der Waals surface area contributed by atoms with Crippen molar-refractivity contribution in [1.29, 1.82) is 5.26 Å². The Morgan fingerprint density at radius 1 is 1.35 bits per heavy atom. The predicted octanol–water partition coefficient (Wildman–Crippen LogP) is 2.54. The second kappa shape index (κ2) is 9.24. The summed E-state index contributed by atoms with van der Waals surface area (Å²) in [5, 5.41) is 15.2. The third kappa shape index (κ3) is 4.04. The van der Waals surface area contributed by atoms with E-state index in [0.717, 1.165) is 24.2 Å². The molecular formula is C22H22N7O4S+. The summed E-state index contributed by atoms with van der Waals surface area (Å²) in [6.45, 7) is 2.71. The van der Waals surface area contributed by atoms with Crippen LogP contribution in [0.15, 0.2) is 33.6 Å². The molecule has 0 bridgehead atoms. The molecule has 0 aliphatic heterocycles. The molecule has 0 aliphatic carbocycles. The van der Waals surface area contributed by atoms with Crippen molar-refractivity contribution in [1.82, 2.24) is 10.3 Å². The van der Waals surface area contributed by atoms with Crippen molar-refractivity contribution in [3.8, 4) is 23.1 Å². The number of nitrogens with zero attached hydrogens (tertiary/aromatic N) is 3. The van der Waals surface area contributed by atoms with Crippen molar-refractivity contribution in [3.63, 3.8) is 0 Å². The highest BCUT2D eigenvalue weighted by atomic mass is 32.1. The van der Waals surface area contributed by atoms with Crippen LogP contribution < -0.4 is 31.8 Å². The Labute approximate surface area is 197 Å². The van der Waals surface area contributed by atoms with Gasteiger partial charge in [0.1, 0.15) is 32.9 Å². The lowest BCUT2D eigenvalue weighted by atomic mass is 10.0. The van der Waals surface area contributed by atoms with Gasteiger partial charge in [-0.05, 0) is 36.0 Å². The maximum absolute atomic E-state index is 13.0. The molecule has 0 spiro atoms. The summed E-state index contributed by atoms with van der Waals surface area (Å²) in [6.07, 6.45) is 2.00. The molecule has 0 aliphatic rings. The number of H-pyrrole nitrogens is 1. The zero-order valence-corrected chi connectivity index (χ0v) is 19.3. The number of carbonyl (C=O) groups is 1. The zero-order valence-electron chi connectivity index (χ0n) is 18.5. The first kappa shape index (κ1) is 22.8. The molecule has 0 saturated heterocycles. The number of hydrogen-bond donors (Lipinski definition) is 4. The quantitative estimate of drug-likeness (QED) is 0.230. The Morgan fingerprint density at radius 2 is 2.09 bits per heavy atom. The van der Waals surface area contributed by atoms with Crippen molar-refractivity contribution in [2.45, 2.75) is 19.8 Å². The molecule has 1 aromatic carbocycles. The Bertz CT molecular complexity index is 1480. The van der Waals surface area contributed by atoms with Gasteiger partial charge in [-0.1, -0.05) is 18.0 Å². The molecule has 12 heteroatoms. The van der Waals surface area contributed by atoms with E-state index in [1.807, 2.05) is 6.07 Å². The molecule has 0 unspecified atom stereocenters. The molecule has 6 N–H and O–H groups in total. The van der Waals surface area contributed by atoms with Gasteiger partial charge in [0.15, 0.2) is 7.05 Å². The summed E-state index contributed by atoms with van der Waals surface area (Å²) in [5.41, 5.74) is 12.4. The highest BCUT2D eigenvalue weighted by molar-refractivity contribution is 7.21. The number of ether oxygens (including phenoxy) is 1. The second-order valence-electron chi connectivity index (χ2n) is 7.45. The van der Waals surface area contributed by atoms with E-state index in [0.29, 0.717) is 22.9 Å². The van der Waals surface area contributed by atoms with Gasteiger partial charge in [0, 0.05) is 5.69 Å². The lowest BCUT2D eigenvalue weighted by molar-refractivity contribution is -0.730. The van der Waals surface area contributed by atoms with Crippen LogP contribution in [0.4, 0.5) is 17.2 Å². The van der Waals surface area contributed by atoms with Crippen LogP contribution in [0.2, 0.25) is 0 Å². The zero-order chi connectivity index (χ0) is 24.4. The minimum absolute atomic E-state index is 0.0331. The number of aromatic nitrogens is 3. The van der Waals surface area contributed by atoms with Crippen molar-refractivity contribution >= 4 is 44.7 Å². The number of fused-ring (bicyclic) bond motifs is 1. The predicted molar refractivity (Wildman–Crippen MR) is 127 cm³/mol. The van der Waals surface area contributed by atoms with Crippen molar-refractivity contribution in [2.24, 2.45) is 7.05 Å². The Balaban J connectivity index is 1.73. The number of nitrogen functional groups attached to an aromatic ring is 2. The third-order valence-corrected chi connectivity index (χ3v) is 6.24. The van der Waals surface area contributed by atoms with Crippen LogP contribution in [0.1, 0.15) is 35.0 Å². The van der Waals surface area contributed by atoms with Crippen molar-refractivity contribution in [2.75, 3.05) is 23.4 Å². The first-order chi connectivity index (χ1) is 16.3. The fraction of sp³-hybridized carbons (Fsp3) is 0.227. The molecule has 3 heterocycles. The van der Waals surface area contributed by atoms with Crippen LogP contribution >= 0.6 is 11.3 Å². The van der Waals surface area contributed by atoms with Gasteiger partial charge in [0.2, 0.25) is 0 Å². The lowest BCUT2D eigenvalue weighted by Crippen LogP contribution is -2.34. The lowest BCUT2D eigenvalue weighted by Gasteiger charge is -2.08. The minimum atomic E-state index is -0.719. The molecule has 174 valence electrons. The molecule has 1 amide bonds. The van der Waals surface area contributed by atoms with Crippen molar-refractivity contribution in [3.05, 3.63) is 45.1 Å². The number of aromatic amines is 1. The number of hydrogen-bond acceptors (Lipinski definition) is 9. The minimum Gasteiger partial charge on any atom is -0.494 e. The topological polar surface area (TPSA) is 177 Å². The van der Waals surface area contributed by atoms with E-state index in [1.165, 1.54) is 11.7 Å². The summed E-state index contributed by atoms with van der Waals surface area (Å²) in [4.78, 5) is 30.1. The average Bonchev–Trinajstić information content (AvgIpc) is 3.32. The standard InChI is InChI=1S/C22H21N7O4S/c1-3-4-9-32-12-7-5-11(6-8-12)26-20(30)18-16(24)15-14(17-22(31)33-28-29(17)2)13(10-23)19(25)27-21(15)34-18/h5-8H,3-4,9H2,1-2H3,(H5-,24,25,26,27,28,30,31)/p+1. The fourth-order valence-electron chi connectivity index (χ4n) is 3.46. The molecule has 0 radical (unpaired) electrons. The van der Waals surface area contributed by atoms with Crippen LogP contribution in [-0.2, 0) is 7.05 Å². The Kier molecular flexibility index (Phi) is 6.20. The highest BCUT2D eigenvalue weighted by Crippen LogP contribution is 2.41. The van der Waals surface area contributed by atoms with E-state index in [2.05, 4.69) is 22.5 Å². The van der Waals surface area contributed by atoms with Gasteiger partial charge in [0.05, 0.1) is 23.2 Å². The van der Waals surface area contributed by atoms with Gasteiger partial charge < -0.3 is 21.5 Å². The molecule has 4 aromatic rings. The van der Waals surface area contributed by atoms with Gasteiger partial charge in [0.25, 0.3) is 5.91 Å². The average molecular weight is 481 g/mol. The van der Waals surface area contributed by atoms with Crippen LogP contribution in [0, 0.1) is 11.3 Å². The van der Waals surface area contributed by atoms with E-state index in [-0.39, 0.29) is 38.6 Å². The van der Waals surface area contributed by atoms with Gasteiger partial charge in [-0.25, -0.2) is 9.78 Å². The fourth-order valence-corrected chi connectivity index (χ4v) is 4.46. The van der Waals surface area contributed by atoms with Crippen molar-refractivity contribution < 1.29 is 18.7 Å². The van der Waals surface area contributed by atoms with Gasteiger partial charge in [-0.3, -0.25) is 9.32 Å². The summed E-state index contributed by atoms with van der Waals surface area (Å²) < 4.78 is 11.8. The number of pyridine rings is 1. The maximum atomic E-state index is 13.0. The van der Waals surface area contributed by atoms with E-state index < -0.39 is 11.5 Å². The molecule has 0 atom stereocenters. The summed E-state index contributed by atoms with van der Waals surface area (Å²) in [6, 6.07) is 8.96. The molecule has 34 heavy (non-hydrogen) atoms. The highest BCUT2D eigenvalue weighted by Gasteiger charge is 2.32. The molecule has 0 saturated carbocycles. The number of carbonyl (C=O) groups excluding carboxylic acids is 1. The largest absolute Gasteiger partial charge is 0.494 e. The maximum Gasteiger partial charge on any atom is 0.435 e. The van der Waals surface area contributed by atoms with Crippen LogP contribution in [0.25, 0.3) is 21.5 Å². The number of rotatable bonds is 7. The molecule has 3 aromatic heterocycles. The molecule has 0 fully saturated rings. The number of anilines is 3. The monoisotopic (exact) mass is 480 g/mol. The number of amides is 1. The second-order valence-corrected chi connectivity index (χ2v) is 8.45. The number of benzene rings is 1. The van der Waals surface area contributed by atoms with Gasteiger partial charge >= 0.3 is 11.3 Å². The molecule has 11 nitrogen and oxygen atoms in total. The Hall–Kier alpha value is -4.37. The normalized spacial score (nSPS) is 10.9. The van der Waals surface area contributed by atoms with Gasteiger partial charge in [-0.2, -0.15) is 5.26 Å². The number of aryl methyl sites for hydroxylation is 1. The number of nitrogens with two attached hydrogens (primary N) is 2. The molecule has 4 rings (SSSR count). The van der Waals surface area contributed by atoms with Crippen LogP contribution in [-0.4, -0.2) is 22.8 Å². The smallest absolute Gasteiger partial charge is 0.435 e. The van der Waals surface area contributed by atoms with Gasteiger partial charge in [-0.15, -0.1) is 11.3 Å². The van der Waals surface area contributed by atoms with E-state index in [9.17, 15) is 14.9 Å². The summed E-state index contributed by atoms with van der Waals surface area (Å²) in [7, 11) is 1.54. The number of nitriles is 1. The van der Waals surface area contributed by atoms with E-state index in [1.54, 1.807) is 24.3 Å². The van der Waals surface area contributed by atoms with Crippen LogP contribution in [0.5, 0.6) is 5.75 Å². The molecular weight excluding hydrogens is 458 g/mol. The first-order valence-corrected chi connectivity index (χ1v) is 11.2. The van der Waals surface area contributed by atoms with E-state index >= 15 is 0 Å². The Morgan fingerprint density at radius 3 is 2.71 bits per heavy atom. The number of thiophene rings is 1. The van der Waals surface area contributed by atoms with E-state index in [4.69, 9.17) is 20.7 Å². The SMILES string of the molecule is CCCCOc1ccc(NC(=O)c2sc3nc(N)c(C#N)c(-c4c(=O)o[nH][n+]4C)c3c2N)cc1. The summed E-state index contributed by atoms with van der Waals surface area (Å²) in [5.74, 6) is 0.158. The van der Waals surface area contributed by atoms with Crippen LogP contribution in [0.3, 0.4) is 0 Å².